The van der Waals surface area contributed by atoms with Gasteiger partial charge in [-0.05, 0) is 31.2 Å². The van der Waals surface area contributed by atoms with E-state index in [0.717, 1.165) is 18.0 Å². The van der Waals surface area contributed by atoms with Gasteiger partial charge < -0.3 is 9.64 Å². The fourth-order valence-corrected chi connectivity index (χ4v) is 0.966. The minimum atomic E-state index is 0.770. The van der Waals surface area contributed by atoms with E-state index in [1.807, 2.05) is 31.3 Å². The van der Waals surface area contributed by atoms with Crippen molar-refractivity contribution in [2.24, 2.45) is 0 Å². The Labute approximate surface area is 73.8 Å². The largest absolute Gasteiger partial charge is 0.497 e. The Morgan fingerprint density at radius 3 is 2.33 bits per heavy atom. The molecule has 1 rings (SSSR count). The van der Waals surface area contributed by atoms with Crippen LogP contribution in [0.4, 0.5) is 5.69 Å². The third-order valence-corrected chi connectivity index (χ3v) is 1.85. The van der Waals surface area contributed by atoms with E-state index in [1.54, 1.807) is 7.11 Å². The van der Waals surface area contributed by atoms with E-state index in [2.05, 4.69) is 11.8 Å². The summed E-state index contributed by atoms with van der Waals surface area (Å²) < 4.78 is 5.05. The van der Waals surface area contributed by atoms with Gasteiger partial charge in [-0.2, -0.15) is 0 Å². The zero-order valence-corrected chi connectivity index (χ0v) is 7.58. The Bertz CT molecular complexity index is 230. The van der Waals surface area contributed by atoms with Gasteiger partial charge in [-0.25, -0.2) is 0 Å². The van der Waals surface area contributed by atoms with Gasteiger partial charge in [-0.1, -0.05) is 0 Å². The van der Waals surface area contributed by atoms with Crippen molar-refractivity contribution >= 4 is 5.69 Å². The van der Waals surface area contributed by atoms with Crippen LogP contribution in [-0.2, 0) is 0 Å². The summed E-state index contributed by atoms with van der Waals surface area (Å²) in [7, 11) is 3.68. The fraction of sp³-hybridized carbons (Fsp3) is 0.300. The Hall–Kier alpha value is -1.18. The highest BCUT2D eigenvalue weighted by Gasteiger charge is 1.96. The van der Waals surface area contributed by atoms with Crippen molar-refractivity contribution in [1.29, 1.82) is 0 Å². The van der Waals surface area contributed by atoms with E-state index in [0.29, 0.717) is 0 Å². The Morgan fingerprint density at radius 1 is 1.33 bits per heavy atom. The molecule has 2 heteroatoms. The number of hydrogen-bond acceptors (Lipinski definition) is 2. The molecule has 0 saturated carbocycles. The summed E-state index contributed by atoms with van der Waals surface area (Å²) in [6.45, 7) is 4.57. The molecule has 0 bridgehead atoms. The van der Waals surface area contributed by atoms with Crippen LogP contribution in [0.25, 0.3) is 0 Å². The number of benzene rings is 1. The molecule has 1 aromatic carbocycles. The fourth-order valence-electron chi connectivity index (χ4n) is 0.966. The van der Waals surface area contributed by atoms with Crippen molar-refractivity contribution in [3.8, 4) is 5.75 Å². The monoisotopic (exact) mass is 164 g/mol. The molecule has 0 aliphatic rings. The van der Waals surface area contributed by atoms with Crippen LogP contribution in [0.5, 0.6) is 5.75 Å². The molecule has 0 atom stereocenters. The highest BCUT2D eigenvalue weighted by atomic mass is 16.5. The summed E-state index contributed by atoms with van der Waals surface area (Å²) in [6.07, 6.45) is 0. The molecule has 2 nitrogen and oxygen atoms in total. The maximum absolute atomic E-state index is 5.05. The predicted octanol–water partition coefficient (Wildman–Crippen LogP) is 1.97. The van der Waals surface area contributed by atoms with Crippen LogP contribution in [0.2, 0.25) is 0 Å². The molecule has 1 radical (unpaired) electrons. The summed E-state index contributed by atoms with van der Waals surface area (Å²) in [5.74, 6) is 0.885. The van der Waals surface area contributed by atoms with Gasteiger partial charge in [0.2, 0.25) is 0 Å². The van der Waals surface area contributed by atoms with Gasteiger partial charge in [0.1, 0.15) is 5.75 Å². The molecule has 0 heterocycles. The van der Waals surface area contributed by atoms with Crippen LogP contribution < -0.4 is 9.64 Å². The van der Waals surface area contributed by atoms with Crippen molar-refractivity contribution in [3.63, 3.8) is 0 Å². The zero-order chi connectivity index (χ0) is 8.97. The minimum absolute atomic E-state index is 0.770. The summed E-state index contributed by atoms with van der Waals surface area (Å²) in [6, 6.07) is 7.93. The maximum Gasteiger partial charge on any atom is 0.119 e. The number of rotatable bonds is 3. The van der Waals surface area contributed by atoms with Crippen molar-refractivity contribution < 1.29 is 4.74 Å². The molecule has 0 N–H and O–H groups in total. The maximum atomic E-state index is 5.05. The minimum Gasteiger partial charge on any atom is -0.497 e. The first kappa shape index (κ1) is 8.91. The Kier molecular flexibility index (Phi) is 2.97. The average molecular weight is 164 g/mol. The van der Waals surface area contributed by atoms with Crippen LogP contribution in [-0.4, -0.2) is 20.7 Å². The molecular formula is C10H14NO. The number of hydrogen-bond donors (Lipinski definition) is 0. The first-order valence-electron chi connectivity index (χ1n) is 3.92. The highest BCUT2D eigenvalue weighted by molar-refractivity contribution is 5.48. The SMILES string of the molecule is [CH2]CN(C)c1ccc(OC)cc1. The van der Waals surface area contributed by atoms with Crippen molar-refractivity contribution in [3.05, 3.63) is 31.2 Å². The molecule has 0 fully saturated rings. The molecule has 0 amide bonds. The van der Waals surface area contributed by atoms with Gasteiger partial charge in [0.25, 0.3) is 0 Å². The molecule has 0 unspecified atom stereocenters. The van der Waals surface area contributed by atoms with Crippen LogP contribution in [0.1, 0.15) is 0 Å². The van der Waals surface area contributed by atoms with E-state index < -0.39 is 0 Å². The number of nitrogens with zero attached hydrogens (tertiary/aromatic N) is 1. The topological polar surface area (TPSA) is 12.5 Å². The van der Waals surface area contributed by atoms with E-state index in [4.69, 9.17) is 4.74 Å². The van der Waals surface area contributed by atoms with Gasteiger partial charge in [0, 0.05) is 19.3 Å². The van der Waals surface area contributed by atoms with E-state index in [1.165, 1.54) is 0 Å². The lowest BCUT2D eigenvalue weighted by molar-refractivity contribution is 0.415. The molecular weight excluding hydrogens is 150 g/mol. The van der Waals surface area contributed by atoms with Crippen LogP contribution in [0, 0.1) is 6.92 Å². The number of methoxy groups -OCH3 is 1. The van der Waals surface area contributed by atoms with E-state index in [-0.39, 0.29) is 0 Å². The van der Waals surface area contributed by atoms with Crippen LogP contribution in [0.15, 0.2) is 24.3 Å². The first-order chi connectivity index (χ1) is 5.77. The summed E-state index contributed by atoms with van der Waals surface area (Å²) in [4.78, 5) is 2.07. The van der Waals surface area contributed by atoms with Crippen molar-refractivity contribution in [2.75, 3.05) is 25.6 Å². The summed E-state index contributed by atoms with van der Waals surface area (Å²) in [5.41, 5.74) is 1.16. The van der Waals surface area contributed by atoms with Gasteiger partial charge >= 0.3 is 0 Å². The zero-order valence-electron chi connectivity index (χ0n) is 7.58. The summed E-state index contributed by atoms with van der Waals surface area (Å²) >= 11 is 0. The van der Waals surface area contributed by atoms with Crippen molar-refractivity contribution in [2.45, 2.75) is 0 Å². The van der Waals surface area contributed by atoms with Crippen LogP contribution >= 0.6 is 0 Å². The molecule has 0 saturated heterocycles. The van der Waals surface area contributed by atoms with E-state index in [9.17, 15) is 0 Å². The second-order valence-electron chi connectivity index (χ2n) is 2.62. The lowest BCUT2D eigenvalue weighted by atomic mass is 10.3. The number of anilines is 1. The van der Waals surface area contributed by atoms with Gasteiger partial charge in [-0.3, -0.25) is 0 Å². The standard InChI is InChI=1S/C10H14NO/c1-4-11(2)9-5-7-10(12-3)8-6-9/h5-8H,1,4H2,2-3H3. The molecule has 0 aliphatic heterocycles. The van der Waals surface area contributed by atoms with Gasteiger partial charge in [0.05, 0.1) is 7.11 Å². The third kappa shape index (κ3) is 1.91. The second kappa shape index (κ2) is 4.00. The summed E-state index contributed by atoms with van der Waals surface area (Å²) in [5, 5.41) is 0. The Morgan fingerprint density at radius 2 is 1.92 bits per heavy atom. The molecule has 0 aliphatic carbocycles. The number of ether oxygens (including phenoxy) is 1. The molecule has 65 valence electrons. The predicted molar refractivity (Wildman–Crippen MR) is 51.6 cm³/mol. The van der Waals surface area contributed by atoms with E-state index >= 15 is 0 Å². The quantitative estimate of drug-likeness (QED) is 0.677. The molecule has 12 heavy (non-hydrogen) atoms. The molecule has 0 aromatic heterocycles. The third-order valence-electron chi connectivity index (χ3n) is 1.85. The van der Waals surface area contributed by atoms with Gasteiger partial charge in [0.15, 0.2) is 0 Å². The normalized spacial score (nSPS) is 9.58. The Balaban J connectivity index is 2.77. The average Bonchev–Trinajstić information content (AvgIpc) is 2.17. The van der Waals surface area contributed by atoms with Gasteiger partial charge in [-0.15, -0.1) is 0 Å². The second-order valence-corrected chi connectivity index (χ2v) is 2.62. The first-order valence-corrected chi connectivity index (χ1v) is 3.92. The lowest BCUT2D eigenvalue weighted by Crippen LogP contribution is -2.15. The molecule has 0 spiro atoms. The lowest BCUT2D eigenvalue weighted by Gasteiger charge is -2.16. The highest BCUT2D eigenvalue weighted by Crippen LogP contribution is 2.17. The van der Waals surface area contributed by atoms with Crippen molar-refractivity contribution in [1.82, 2.24) is 0 Å². The van der Waals surface area contributed by atoms with Crippen LogP contribution in [0.3, 0.4) is 0 Å². The smallest absolute Gasteiger partial charge is 0.119 e. The molecule has 1 aromatic rings.